The zero-order valence-corrected chi connectivity index (χ0v) is 6.72. The maximum atomic E-state index is 3.92. The van der Waals surface area contributed by atoms with Crippen LogP contribution < -0.4 is 5.32 Å². The molecular weight excluding hydrogens is 126 g/mol. The number of rotatable bonds is 5. The lowest BCUT2D eigenvalue weighted by Gasteiger charge is -2.03. The first-order valence-electron chi connectivity index (χ1n) is 3.91. The van der Waals surface area contributed by atoms with Gasteiger partial charge < -0.3 is 5.32 Å². The highest BCUT2D eigenvalue weighted by Crippen LogP contribution is 2.29. The van der Waals surface area contributed by atoms with Gasteiger partial charge in [-0.15, -0.1) is 0 Å². The molecule has 3 heteroatoms. The van der Waals surface area contributed by atoms with E-state index in [4.69, 9.17) is 0 Å². The van der Waals surface area contributed by atoms with E-state index in [0.29, 0.717) is 0 Å². The average molecular weight is 141 g/mol. The maximum absolute atomic E-state index is 3.92. The van der Waals surface area contributed by atoms with Crippen LogP contribution in [0, 0.1) is 0 Å². The van der Waals surface area contributed by atoms with E-state index in [1.165, 1.54) is 6.42 Å². The summed E-state index contributed by atoms with van der Waals surface area (Å²) in [5.41, 5.74) is -0.0132. The van der Waals surface area contributed by atoms with E-state index >= 15 is 0 Å². The van der Waals surface area contributed by atoms with Gasteiger partial charge in [0.1, 0.15) is 0 Å². The molecule has 0 bridgehead atoms. The van der Waals surface area contributed by atoms with Gasteiger partial charge in [-0.25, -0.2) is 0 Å². The first-order valence-corrected chi connectivity index (χ1v) is 3.91. The summed E-state index contributed by atoms with van der Waals surface area (Å²) in [6.45, 7) is 6.37. The van der Waals surface area contributed by atoms with Crippen molar-refractivity contribution in [2.24, 2.45) is 10.2 Å². The van der Waals surface area contributed by atoms with E-state index in [9.17, 15) is 0 Å². The van der Waals surface area contributed by atoms with Crippen LogP contribution in [0.5, 0.6) is 0 Å². The molecule has 1 heterocycles. The molecule has 1 N–H and O–H groups in total. The van der Waals surface area contributed by atoms with Crippen molar-refractivity contribution in [1.29, 1.82) is 0 Å². The van der Waals surface area contributed by atoms with Gasteiger partial charge in [0.05, 0.1) is 0 Å². The summed E-state index contributed by atoms with van der Waals surface area (Å²) in [5.74, 6) is 0. The largest absolute Gasteiger partial charge is 0.317 e. The Bertz CT molecular complexity index is 125. The summed E-state index contributed by atoms with van der Waals surface area (Å²) in [6, 6.07) is 0. The zero-order valence-electron chi connectivity index (χ0n) is 6.72. The average Bonchev–Trinajstić information content (AvgIpc) is 2.62. The van der Waals surface area contributed by atoms with E-state index in [-0.39, 0.29) is 5.66 Å². The Hall–Kier alpha value is -0.440. The summed E-state index contributed by atoms with van der Waals surface area (Å²) in [4.78, 5) is 0. The van der Waals surface area contributed by atoms with Crippen molar-refractivity contribution in [3.05, 3.63) is 0 Å². The fraction of sp³-hybridized carbons (Fsp3) is 1.00. The molecule has 0 radical (unpaired) electrons. The molecule has 0 aromatic carbocycles. The molecule has 0 aliphatic carbocycles. The van der Waals surface area contributed by atoms with Gasteiger partial charge in [0, 0.05) is 6.42 Å². The topological polar surface area (TPSA) is 36.8 Å². The summed E-state index contributed by atoms with van der Waals surface area (Å²) in [6.07, 6.45) is 2.25. The summed E-state index contributed by atoms with van der Waals surface area (Å²) < 4.78 is 0. The summed E-state index contributed by atoms with van der Waals surface area (Å²) in [7, 11) is 0. The third kappa shape index (κ3) is 2.43. The third-order valence-corrected chi connectivity index (χ3v) is 1.64. The van der Waals surface area contributed by atoms with E-state index < -0.39 is 0 Å². The second-order valence-electron chi connectivity index (χ2n) is 2.92. The highest BCUT2D eigenvalue weighted by Gasteiger charge is 2.32. The molecule has 0 aromatic rings. The Morgan fingerprint density at radius 3 is 2.50 bits per heavy atom. The second-order valence-corrected chi connectivity index (χ2v) is 2.92. The third-order valence-electron chi connectivity index (χ3n) is 1.64. The van der Waals surface area contributed by atoms with Crippen molar-refractivity contribution < 1.29 is 0 Å². The fourth-order valence-corrected chi connectivity index (χ4v) is 0.812. The minimum atomic E-state index is -0.0132. The molecule has 3 nitrogen and oxygen atoms in total. The lowest BCUT2D eigenvalue weighted by Crippen LogP contribution is -2.20. The molecule has 0 amide bonds. The molecule has 1 aliphatic rings. The molecule has 10 heavy (non-hydrogen) atoms. The molecular formula is C7H15N3. The van der Waals surface area contributed by atoms with E-state index in [1.54, 1.807) is 0 Å². The minimum Gasteiger partial charge on any atom is -0.317 e. The van der Waals surface area contributed by atoms with Crippen LogP contribution in [0.25, 0.3) is 0 Å². The first kappa shape index (κ1) is 7.66. The number of hydrogen-bond donors (Lipinski definition) is 1. The molecule has 0 aromatic heterocycles. The molecule has 0 atom stereocenters. The van der Waals surface area contributed by atoms with Crippen molar-refractivity contribution in [1.82, 2.24) is 5.32 Å². The van der Waals surface area contributed by atoms with Gasteiger partial charge in [-0.2, -0.15) is 10.2 Å². The minimum absolute atomic E-state index is 0.0132. The van der Waals surface area contributed by atoms with Gasteiger partial charge in [0.2, 0.25) is 0 Å². The molecule has 1 rings (SSSR count). The fourth-order valence-electron chi connectivity index (χ4n) is 0.812. The van der Waals surface area contributed by atoms with Crippen LogP contribution in [-0.2, 0) is 0 Å². The molecule has 0 saturated heterocycles. The second kappa shape index (κ2) is 3.10. The SMILES string of the molecule is CCCNCCC1(C)N=N1. The van der Waals surface area contributed by atoms with Gasteiger partial charge in [0.25, 0.3) is 0 Å². The smallest absolute Gasteiger partial charge is 0.189 e. The van der Waals surface area contributed by atoms with Crippen LogP contribution >= 0.6 is 0 Å². The number of nitrogens with zero attached hydrogens (tertiary/aromatic N) is 2. The van der Waals surface area contributed by atoms with Gasteiger partial charge in [0.15, 0.2) is 5.66 Å². The van der Waals surface area contributed by atoms with Crippen molar-refractivity contribution in [2.75, 3.05) is 13.1 Å². The number of hydrogen-bond acceptors (Lipinski definition) is 3. The van der Waals surface area contributed by atoms with Gasteiger partial charge in [-0.3, -0.25) is 0 Å². The van der Waals surface area contributed by atoms with Crippen LogP contribution in [0.3, 0.4) is 0 Å². The van der Waals surface area contributed by atoms with Crippen LogP contribution in [0.15, 0.2) is 10.2 Å². The number of nitrogens with one attached hydrogen (secondary N) is 1. The Morgan fingerprint density at radius 2 is 2.00 bits per heavy atom. The van der Waals surface area contributed by atoms with Gasteiger partial charge in [-0.05, 0) is 26.4 Å². The lowest BCUT2D eigenvalue weighted by atomic mass is 10.2. The van der Waals surface area contributed by atoms with E-state index in [1.807, 2.05) is 0 Å². The molecule has 0 spiro atoms. The van der Waals surface area contributed by atoms with Crippen molar-refractivity contribution in [3.8, 4) is 0 Å². The standard InChI is InChI=1S/C7H15N3/c1-3-5-8-6-4-7(2)9-10-7/h8H,3-6H2,1-2H3. The Kier molecular flexibility index (Phi) is 2.38. The molecule has 1 aliphatic heterocycles. The first-order chi connectivity index (χ1) is 4.77. The molecule has 58 valence electrons. The lowest BCUT2D eigenvalue weighted by molar-refractivity contribution is 0.546. The quantitative estimate of drug-likeness (QED) is 0.579. The predicted octanol–water partition coefficient (Wildman–Crippen LogP) is 1.56. The highest BCUT2D eigenvalue weighted by molar-refractivity contribution is 4.88. The summed E-state index contributed by atoms with van der Waals surface area (Å²) >= 11 is 0. The molecule has 0 fully saturated rings. The van der Waals surface area contributed by atoms with Crippen molar-refractivity contribution in [2.45, 2.75) is 32.4 Å². The Morgan fingerprint density at radius 1 is 1.30 bits per heavy atom. The molecule has 0 unspecified atom stereocenters. The molecule has 0 saturated carbocycles. The normalized spacial score (nSPS) is 19.4. The highest BCUT2D eigenvalue weighted by atomic mass is 15.4. The van der Waals surface area contributed by atoms with Crippen LogP contribution in [0.1, 0.15) is 26.7 Å². The monoisotopic (exact) mass is 141 g/mol. The van der Waals surface area contributed by atoms with E-state index in [2.05, 4.69) is 29.4 Å². The van der Waals surface area contributed by atoms with Crippen LogP contribution in [-0.4, -0.2) is 18.8 Å². The Labute approximate surface area is 61.9 Å². The van der Waals surface area contributed by atoms with Crippen molar-refractivity contribution in [3.63, 3.8) is 0 Å². The van der Waals surface area contributed by atoms with Crippen LogP contribution in [0.4, 0.5) is 0 Å². The van der Waals surface area contributed by atoms with Gasteiger partial charge in [-0.1, -0.05) is 6.92 Å². The van der Waals surface area contributed by atoms with Crippen LogP contribution in [0.2, 0.25) is 0 Å². The Balaban J connectivity index is 1.86. The van der Waals surface area contributed by atoms with Crippen molar-refractivity contribution >= 4 is 0 Å². The van der Waals surface area contributed by atoms with E-state index in [0.717, 1.165) is 19.5 Å². The van der Waals surface area contributed by atoms with Gasteiger partial charge >= 0.3 is 0 Å². The maximum Gasteiger partial charge on any atom is 0.189 e. The predicted molar refractivity (Wildman–Crippen MR) is 41.0 cm³/mol. The summed E-state index contributed by atoms with van der Waals surface area (Å²) in [5, 5.41) is 11.1. The zero-order chi connectivity index (χ0) is 7.45.